The minimum Gasteiger partial charge on any atom is -0.493 e. The summed E-state index contributed by atoms with van der Waals surface area (Å²) in [6.07, 6.45) is 0.858. The van der Waals surface area contributed by atoms with Gasteiger partial charge in [0.25, 0.3) is 0 Å². The summed E-state index contributed by atoms with van der Waals surface area (Å²) in [5, 5.41) is 10.7. The van der Waals surface area contributed by atoms with Crippen molar-refractivity contribution in [3.63, 3.8) is 0 Å². The molecule has 0 aliphatic carbocycles. The normalized spacial score (nSPS) is 11.9. The zero-order valence-electron chi connectivity index (χ0n) is 18.3. The molecule has 0 fully saturated rings. The number of carbonyl (C=O) groups is 1. The van der Waals surface area contributed by atoms with Crippen molar-refractivity contribution < 1.29 is 19.0 Å². The van der Waals surface area contributed by atoms with Gasteiger partial charge in [-0.3, -0.25) is 0 Å². The average molecular weight is 482 g/mol. The Bertz CT molecular complexity index is 1230. The van der Waals surface area contributed by atoms with Crippen molar-refractivity contribution in [3.05, 3.63) is 87.4 Å². The molecule has 0 N–H and O–H groups in total. The molecule has 1 unspecified atom stereocenters. The highest BCUT2D eigenvalue weighted by Gasteiger charge is 2.20. The molecule has 0 aromatic heterocycles. The van der Waals surface area contributed by atoms with E-state index >= 15 is 0 Å². The number of halogens is 2. The van der Waals surface area contributed by atoms with E-state index in [1.165, 1.54) is 7.11 Å². The number of hydrogen-bond acceptors (Lipinski definition) is 5. The van der Waals surface area contributed by atoms with Crippen LogP contribution in [0.4, 0.5) is 0 Å². The van der Waals surface area contributed by atoms with Gasteiger partial charge in [0.15, 0.2) is 17.6 Å². The summed E-state index contributed by atoms with van der Waals surface area (Å²) in [6, 6.07) is 19.3. The molecular formula is C26H21Cl2NO4. The highest BCUT2D eigenvalue weighted by molar-refractivity contribution is 6.30. The van der Waals surface area contributed by atoms with E-state index in [0.29, 0.717) is 32.7 Å². The maximum absolute atomic E-state index is 12.6. The Hall–Kier alpha value is -3.46. The van der Waals surface area contributed by atoms with Gasteiger partial charge in [-0.05, 0) is 79.1 Å². The number of allylic oxidation sites excluding steroid dienone is 1. The number of nitrogens with zero attached hydrogens (tertiary/aromatic N) is 1. The molecule has 5 nitrogen and oxygen atoms in total. The molecule has 0 spiro atoms. The zero-order chi connectivity index (χ0) is 24.0. The standard InChI is InChI=1S/C26H21Cl2NO4/c1-16-12-22(28)9-11-23(16)32-17(2)26(30)33-24-10-4-18(14-25(24)31-3)13-20(15-29)19-5-7-21(27)8-6-19/h4-14,17H,1-3H3/b20-13+. The second-order valence-electron chi connectivity index (χ2n) is 7.18. The summed E-state index contributed by atoms with van der Waals surface area (Å²) in [7, 11) is 1.47. The van der Waals surface area contributed by atoms with E-state index in [2.05, 4.69) is 6.07 Å². The van der Waals surface area contributed by atoms with Crippen LogP contribution in [-0.2, 0) is 4.79 Å². The van der Waals surface area contributed by atoms with Crippen LogP contribution in [0.5, 0.6) is 17.2 Å². The highest BCUT2D eigenvalue weighted by Crippen LogP contribution is 2.31. The second kappa shape index (κ2) is 10.9. The third-order valence-electron chi connectivity index (χ3n) is 4.76. The number of aryl methyl sites for hydroxylation is 1. The number of rotatable bonds is 7. The molecule has 0 saturated carbocycles. The van der Waals surface area contributed by atoms with Gasteiger partial charge >= 0.3 is 5.97 Å². The molecule has 0 saturated heterocycles. The predicted octanol–water partition coefficient (Wildman–Crippen LogP) is 6.75. The zero-order valence-corrected chi connectivity index (χ0v) is 19.8. The predicted molar refractivity (Wildman–Crippen MR) is 130 cm³/mol. The minimum absolute atomic E-state index is 0.243. The second-order valence-corrected chi connectivity index (χ2v) is 8.05. The summed E-state index contributed by atoms with van der Waals surface area (Å²) < 4.78 is 16.6. The Labute approximate surface area is 202 Å². The molecule has 0 radical (unpaired) electrons. The van der Waals surface area contributed by atoms with Crippen molar-refractivity contribution in [1.29, 1.82) is 5.26 Å². The fraction of sp³-hybridized carbons (Fsp3) is 0.154. The van der Waals surface area contributed by atoms with E-state index < -0.39 is 12.1 Å². The Morgan fingerprint density at radius 1 is 0.970 bits per heavy atom. The summed E-state index contributed by atoms with van der Waals surface area (Å²) >= 11 is 11.9. The van der Waals surface area contributed by atoms with Crippen molar-refractivity contribution in [3.8, 4) is 23.3 Å². The fourth-order valence-electron chi connectivity index (χ4n) is 3.01. The van der Waals surface area contributed by atoms with Gasteiger partial charge in [0.05, 0.1) is 18.8 Å². The van der Waals surface area contributed by atoms with Gasteiger partial charge in [-0.25, -0.2) is 4.79 Å². The van der Waals surface area contributed by atoms with Crippen LogP contribution >= 0.6 is 23.2 Å². The van der Waals surface area contributed by atoms with Crippen LogP contribution in [0.25, 0.3) is 11.6 Å². The molecule has 0 aliphatic heterocycles. The monoisotopic (exact) mass is 481 g/mol. The number of hydrogen-bond donors (Lipinski definition) is 0. The molecular weight excluding hydrogens is 461 g/mol. The van der Waals surface area contributed by atoms with Gasteiger partial charge in [0.1, 0.15) is 5.75 Å². The molecule has 3 aromatic rings. The van der Waals surface area contributed by atoms with Gasteiger partial charge < -0.3 is 14.2 Å². The fourth-order valence-corrected chi connectivity index (χ4v) is 3.36. The molecule has 0 heterocycles. The molecule has 0 aliphatic rings. The van der Waals surface area contributed by atoms with E-state index in [1.54, 1.807) is 73.7 Å². The van der Waals surface area contributed by atoms with Crippen LogP contribution in [-0.4, -0.2) is 19.2 Å². The quantitative estimate of drug-likeness (QED) is 0.161. The van der Waals surface area contributed by atoms with E-state index in [9.17, 15) is 10.1 Å². The van der Waals surface area contributed by atoms with Gasteiger partial charge in [0.2, 0.25) is 0 Å². The summed E-state index contributed by atoms with van der Waals surface area (Å²) in [6.45, 7) is 3.44. The van der Waals surface area contributed by atoms with Crippen molar-refractivity contribution in [2.75, 3.05) is 7.11 Å². The van der Waals surface area contributed by atoms with E-state index in [1.807, 2.05) is 6.92 Å². The van der Waals surface area contributed by atoms with E-state index in [0.717, 1.165) is 11.1 Å². The summed E-state index contributed by atoms with van der Waals surface area (Å²) in [5.41, 5.74) is 2.71. The Morgan fingerprint density at radius 3 is 2.27 bits per heavy atom. The van der Waals surface area contributed by atoms with Crippen LogP contribution in [0.1, 0.15) is 23.6 Å². The third kappa shape index (κ3) is 6.29. The van der Waals surface area contributed by atoms with E-state index in [4.69, 9.17) is 37.4 Å². The number of ether oxygens (including phenoxy) is 3. The third-order valence-corrected chi connectivity index (χ3v) is 5.24. The molecule has 1 atom stereocenters. The minimum atomic E-state index is -0.857. The van der Waals surface area contributed by atoms with Crippen LogP contribution in [0.2, 0.25) is 10.0 Å². The lowest BCUT2D eigenvalue weighted by Crippen LogP contribution is -2.28. The first-order chi connectivity index (χ1) is 15.8. The van der Waals surface area contributed by atoms with Crippen LogP contribution in [0.15, 0.2) is 60.7 Å². The smallest absolute Gasteiger partial charge is 0.352 e. The lowest BCUT2D eigenvalue weighted by molar-refractivity contribution is -0.141. The number of methoxy groups -OCH3 is 1. The summed E-state index contributed by atoms with van der Waals surface area (Å²) in [5.74, 6) is 0.556. The molecule has 0 bridgehead atoms. The van der Waals surface area contributed by atoms with Crippen LogP contribution in [0, 0.1) is 18.3 Å². The number of nitriles is 1. The summed E-state index contributed by atoms with van der Waals surface area (Å²) in [4.78, 5) is 12.6. The van der Waals surface area contributed by atoms with Crippen molar-refractivity contribution in [1.82, 2.24) is 0 Å². The SMILES string of the molecule is COc1cc(/C=C(\C#N)c2ccc(Cl)cc2)ccc1OC(=O)C(C)Oc1ccc(Cl)cc1C. The van der Waals surface area contributed by atoms with Crippen LogP contribution in [0.3, 0.4) is 0 Å². The average Bonchev–Trinajstić information content (AvgIpc) is 2.80. The maximum atomic E-state index is 12.6. The Morgan fingerprint density at radius 2 is 1.64 bits per heavy atom. The number of esters is 1. The highest BCUT2D eigenvalue weighted by atomic mass is 35.5. The van der Waals surface area contributed by atoms with Gasteiger partial charge in [-0.1, -0.05) is 41.4 Å². The maximum Gasteiger partial charge on any atom is 0.352 e. The van der Waals surface area contributed by atoms with E-state index in [-0.39, 0.29) is 5.75 Å². The molecule has 168 valence electrons. The van der Waals surface area contributed by atoms with Gasteiger partial charge in [-0.15, -0.1) is 0 Å². The Kier molecular flexibility index (Phi) is 8.00. The lowest BCUT2D eigenvalue weighted by Gasteiger charge is -2.16. The first-order valence-electron chi connectivity index (χ1n) is 10.0. The first kappa shape index (κ1) is 24.2. The van der Waals surface area contributed by atoms with Gasteiger partial charge in [-0.2, -0.15) is 5.26 Å². The molecule has 0 amide bonds. The number of benzene rings is 3. The molecule has 33 heavy (non-hydrogen) atoms. The van der Waals surface area contributed by atoms with Crippen molar-refractivity contribution in [2.45, 2.75) is 20.0 Å². The number of carbonyl (C=O) groups excluding carboxylic acids is 1. The largest absolute Gasteiger partial charge is 0.493 e. The van der Waals surface area contributed by atoms with Crippen LogP contribution < -0.4 is 14.2 Å². The first-order valence-corrected chi connectivity index (χ1v) is 10.8. The van der Waals surface area contributed by atoms with Gasteiger partial charge in [0, 0.05) is 10.0 Å². The van der Waals surface area contributed by atoms with Crippen molar-refractivity contribution in [2.24, 2.45) is 0 Å². The molecule has 3 aromatic carbocycles. The Balaban J connectivity index is 1.77. The lowest BCUT2D eigenvalue weighted by atomic mass is 10.0. The molecule has 7 heteroatoms. The molecule has 3 rings (SSSR count). The van der Waals surface area contributed by atoms with Crippen molar-refractivity contribution >= 4 is 40.8 Å². The topological polar surface area (TPSA) is 68.5 Å².